The van der Waals surface area contributed by atoms with Crippen molar-refractivity contribution in [3.05, 3.63) is 60.2 Å². The van der Waals surface area contributed by atoms with Gasteiger partial charge in [-0.3, -0.25) is 14.6 Å². The molecule has 8 heteroatoms. The number of carbonyl (C=O) groups excluding carboxylic acids is 1. The highest BCUT2D eigenvalue weighted by Crippen LogP contribution is 2.29. The molecule has 3 aromatic carbocycles. The first kappa shape index (κ1) is 32.3. The summed E-state index contributed by atoms with van der Waals surface area (Å²) in [6, 6.07) is 19.5. The Labute approximate surface area is 250 Å². The molecule has 0 aliphatic carbocycles. The predicted molar refractivity (Wildman–Crippen MR) is 167 cm³/mol. The first-order valence-electron chi connectivity index (χ1n) is 15.3. The van der Waals surface area contributed by atoms with Crippen LogP contribution in [-0.2, 0) is 35.0 Å². The molecule has 42 heavy (non-hydrogen) atoms. The quantitative estimate of drug-likeness (QED) is 0.312. The van der Waals surface area contributed by atoms with E-state index in [2.05, 4.69) is 64.4 Å². The maximum Gasteiger partial charge on any atom is 0.307 e. The number of fused-ring (bicyclic) bond motifs is 2. The molecule has 1 aliphatic heterocycles. The standard InChI is InChI=1S/C34H48N2O6/c1-34(2,3)42-33(37)12-13-35-14-18-38-22-24-40-20-16-36(17-21-41-25-23-39-19-15-35)27-32-30-10-6-4-8-28(30)26-29-9-5-7-11-31(29)32/h4-11,26H,12-25,27H2,1-3H3. The molecular weight excluding hydrogens is 532 g/mol. The molecule has 8 nitrogen and oxygen atoms in total. The van der Waals surface area contributed by atoms with Crippen molar-refractivity contribution in [3.63, 3.8) is 0 Å². The zero-order chi connectivity index (χ0) is 29.6. The lowest BCUT2D eigenvalue weighted by molar-refractivity contribution is -0.155. The molecule has 1 aliphatic rings. The summed E-state index contributed by atoms with van der Waals surface area (Å²) < 4.78 is 29.1. The van der Waals surface area contributed by atoms with E-state index in [1.165, 1.54) is 27.1 Å². The van der Waals surface area contributed by atoms with E-state index >= 15 is 0 Å². The van der Waals surface area contributed by atoms with E-state index in [0.717, 1.165) is 32.7 Å². The molecule has 1 heterocycles. The number of hydrogen-bond acceptors (Lipinski definition) is 8. The number of ether oxygens (including phenoxy) is 5. The molecule has 0 saturated carbocycles. The van der Waals surface area contributed by atoms with Gasteiger partial charge in [-0.15, -0.1) is 0 Å². The molecule has 1 saturated heterocycles. The highest BCUT2D eigenvalue weighted by Gasteiger charge is 2.17. The molecule has 0 aromatic heterocycles. The molecule has 0 atom stereocenters. The van der Waals surface area contributed by atoms with Gasteiger partial charge >= 0.3 is 5.97 Å². The molecule has 0 amide bonds. The van der Waals surface area contributed by atoms with Crippen LogP contribution in [0.1, 0.15) is 32.8 Å². The first-order chi connectivity index (χ1) is 20.4. The van der Waals surface area contributed by atoms with E-state index in [1.54, 1.807) is 0 Å². The lowest BCUT2D eigenvalue weighted by Crippen LogP contribution is -2.35. The van der Waals surface area contributed by atoms with Crippen LogP contribution < -0.4 is 0 Å². The number of esters is 1. The van der Waals surface area contributed by atoms with Gasteiger partial charge in [0.2, 0.25) is 0 Å². The van der Waals surface area contributed by atoms with Crippen LogP contribution in [0.15, 0.2) is 54.6 Å². The van der Waals surface area contributed by atoms with E-state index in [4.69, 9.17) is 23.7 Å². The second kappa shape index (κ2) is 16.9. The minimum Gasteiger partial charge on any atom is -0.460 e. The van der Waals surface area contributed by atoms with E-state index in [1.807, 2.05) is 20.8 Å². The van der Waals surface area contributed by atoms with Crippen LogP contribution in [0.25, 0.3) is 21.5 Å². The fourth-order valence-corrected chi connectivity index (χ4v) is 5.17. The van der Waals surface area contributed by atoms with Crippen LogP contribution in [0.2, 0.25) is 0 Å². The lowest BCUT2D eigenvalue weighted by Gasteiger charge is -2.25. The molecular formula is C34H48N2O6. The van der Waals surface area contributed by atoms with Crippen LogP contribution in [0, 0.1) is 0 Å². The van der Waals surface area contributed by atoms with Gasteiger partial charge in [0.1, 0.15) is 5.60 Å². The number of hydrogen-bond donors (Lipinski definition) is 0. The van der Waals surface area contributed by atoms with Crippen molar-refractivity contribution in [2.75, 3.05) is 85.6 Å². The highest BCUT2D eigenvalue weighted by molar-refractivity contribution is 6.02. The Hall–Kier alpha value is -2.59. The Morgan fingerprint density at radius 1 is 0.690 bits per heavy atom. The van der Waals surface area contributed by atoms with E-state index in [0.29, 0.717) is 65.8 Å². The smallest absolute Gasteiger partial charge is 0.307 e. The topological polar surface area (TPSA) is 69.7 Å². The number of rotatable bonds is 5. The van der Waals surface area contributed by atoms with Gasteiger partial charge in [0.05, 0.1) is 59.3 Å². The van der Waals surface area contributed by atoms with Gasteiger partial charge in [-0.05, 0) is 53.9 Å². The fraction of sp³-hybridized carbons (Fsp3) is 0.559. The van der Waals surface area contributed by atoms with Crippen LogP contribution in [0.5, 0.6) is 0 Å². The maximum absolute atomic E-state index is 12.2. The summed E-state index contributed by atoms with van der Waals surface area (Å²) in [7, 11) is 0. The maximum atomic E-state index is 12.2. The molecule has 0 bridgehead atoms. The normalized spacial score (nSPS) is 18.5. The van der Waals surface area contributed by atoms with Gasteiger partial charge in [-0.1, -0.05) is 48.5 Å². The van der Waals surface area contributed by atoms with Crippen LogP contribution in [-0.4, -0.2) is 107 Å². The van der Waals surface area contributed by atoms with Crippen molar-refractivity contribution >= 4 is 27.5 Å². The first-order valence-corrected chi connectivity index (χ1v) is 15.3. The summed E-state index contributed by atoms with van der Waals surface area (Å²) >= 11 is 0. The summed E-state index contributed by atoms with van der Waals surface area (Å²) in [5.41, 5.74) is 0.867. The summed E-state index contributed by atoms with van der Waals surface area (Å²) in [6.45, 7) is 14.7. The largest absolute Gasteiger partial charge is 0.460 e. The molecule has 230 valence electrons. The highest BCUT2D eigenvalue weighted by atomic mass is 16.6. The molecule has 3 aromatic rings. The minimum absolute atomic E-state index is 0.187. The second-order valence-corrected chi connectivity index (χ2v) is 11.7. The summed E-state index contributed by atoms with van der Waals surface area (Å²) in [6.07, 6.45) is 0.342. The van der Waals surface area contributed by atoms with Gasteiger partial charge in [0, 0.05) is 39.3 Å². The van der Waals surface area contributed by atoms with Gasteiger partial charge in [-0.25, -0.2) is 0 Å². The Morgan fingerprint density at radius 3 is 1.62 bits per heavy atom. The van der Waals surface area contributed by atoms with E-state index < -0.39 is 5.60 Å². The Bertz CT molecular complexity index is 1170. The van der Waals surface area contributed by atoms with Crippen molar-refractivity contribution in [2.24, 2.45) is 0 Å². The van der Waals surface area contributed by atoms with Crippen molar-refractivity contribution in [1.29, 1.82) is 0 Å². The van der Waals surface area contributed by atoms with Crippen molar-refractivity contribution in [1.82, 2.24) is 9.80 Å². The average molecular weight is 581 g/mol. The molecule has 0 N–H and O–H groups in total. The van der Waals surface area contributed by atoms with Gasteiger partial charge in [0.15, 0.2) is 0 Å². The van der Waals surface area contributed by atoms with Crippen LogP contribution in [0.4, 0.5) is 0 Å². The minimum atomic E-state index is -0.474. The molecule has 4 rings (SSSR count). The Balaban J connectivity index is 1.31. The van der Waals surface area contributed by atoms with E-state index in [9.17, 15) is 4.79 Å². The SMILES string of the molecule is CC(C)(C)OC(=O)CCN1CCOCCOCCN(Cc2c3ccccc3cc3ccccc23)CCOCCOCC1. The van der Waals surface area contributed by atoms with Crippen LogP contribution in [0.3, 0.4) is 0 Å². The molecule has 0 spiro atoms. The zero-order valence-electron chi connectivity index (χ0n) is 25.6. The zero-order valence-corrected chi connectivity index (χ0v) is 25.6. The Kier molecular flexibility index (Phi) is 13.0. The third-order valence-electron chi connectivity index (χ3n) is 7.27. The lowest BCUT2D eigenvalue weighted by atomic mass is 9.96. The molecule has 1 fully saturated rings. The summed E-state index contributed by atoms with van der Waals surface area (Å²) in [5, 5.41) is 5.11. The van der Waals surface area contributed by atoms with Crippen molar-refractivity contribution in [2.45, 2.75) is 39.3 Å². The van der Waals surface area contributed by atoms with Gasteiger partial charge < -0.3 is 23.7 Å². The summed E-state index contributed by atoms with van der Waals surface area (Å²) in [4.78, 5) is 16.8. The monoisotopic (exact) mass is 580 g/mol. The number of carbonyl (C=O) groups is 1. The third kappa shape index (κ3) is 10.9. The van der Waals surface area contributed by atoms with Crippen LogP contribution >= 0.6 is 0 Å². The molecule has 0 radical (unpaired) electrons. The van der Waals surface area contributed by atoms with E-state index in [-0.39, 0.29) is 5.97 Å². The van der Waals surface area contributed by atoms with Crippen molar-refractivity contribution in [3.8, 4) is 0 Å². The van der Waals surface area contributed by atoms with Gasteiger partial charge in [-0.2, -0.15) is 0 Å². The second-order valence-electron chi connectivity index (χ2n) is 11.7. The van der Waals surface area contributed by atoms with Crippen molar-refractivity contribution < 1.29 is 28.5 Å². The number of nitrogens with zero attached hydrogens (tertiary/aromatic N) is 2. The molecule has 0 unspecified atom stereocenters. The average Bonchev–Trinajstić information content (AvgIpc) is 2.96. The summed E-state index contributed by atoms with van der Waals surface area (Å²) in [5.74, 6) is -0.187. The number of benzene rings is 3. The third-order valence-corrected chi connectivity index (χ3v) is 7.27. The van der Waals surface area contributed by atoms with Gasteiger partial charge in [0.25, 0.3) is 0 Å². The fourth-order valence-electron chi connectivity index (χ4n) is 5.17. The predicted octanol–water partition coefficient (Wildman–Crippen LogP) is 4.91. The Morgan fingerprint density at radius 2 is 1.14 bits per heavy atom.